The number of nitrogens with one attached hydrogen (secondary N) is 2. The molecule has 0 spiro atoms. The van der Waals surface area contributed by atoms with E-state index in [1.54, 1.807) is 20.8 Å². The van der Waals surface area contributed by atoms with Crippen LogP contribution in [-0.4, -0.2) is 24.8 Å². The van der Waals surface area contributed by atoms with Crippen LogP contribution >= 0.6 is 15.9 Å². The molecule has 0 saturated carbocycles. The summed E-state index contributed by atoms with van der Waals surface area (Å²) in [5.41, 5.74) is -1.03. The molecule has 0 aliphatic carbocycles. The predicted octanol–water partition coefficient (Wildman–Crippen LogP) is 4.40. The first-order chi connectivity index (χ1) is 9.99. The second-order valence-electron chi connectivity index (χ2n) is 5.55. The van der Waals surface area contributed by atoms with Gasteiger partial charge in [0.25, 0.3) is 0 Å². The molecule has 0 atom stereocenters. The number of hydrogen-bond acceptors (Lipinski definition) is 3. The molecular weight excluding hydrogens is 365 g/mol. The molecule has 1 aromatic carbocycles. The van der Waals surface area contributed by atoms with E-state index in [1.807, 2.05) is 0 Å². The number of halogens is 4. The van der Waals surface area contributed by atoms with Crippen LogP contribution in [0.25, 0.3) is 0 Å². The van der Waals surface area contributed by atoms with Gasteiger partial charge in [-0.05, 0) is 54.9 Å². The van der Waals surface area contributed by atoms with Crippen LogP contribution in [0.1, 0.15) is 26.3 Å². The van der Waals surface area contributed by atoms with Crippen molar-refractivity contribution in [1.82, 2.24) is 5.32 Å². The topological polar surface area (TPSA) is 50.4 Å². The van der Waals surface area contributed by atoms with Gasteiger partial charge >= 0.3 is 12.3 Å². The molecule has 0 fully saturated rings. The van der Waals surface area contributed by atoms with E-state index >= 15 is 0 Å². The Balaban J connectivity index is 2.50. The third-order valence-electron chi connectivity index (χ3n) is 2.40. The van der Waals surface area contributed by atoms with Crippen LogP contribution in [0.5, 0.6) is 0 Å². The molecule has 0 heterocycles. The highest BCUT2D eigenvalue weighted by molar-refractivity contribution is 9.10. The van der Waals surface area contributed by atoms with Crippen LogP contribution < -0.4 is 10.6 Å². The first kappa shape index (κ1) is 18.6. The normalized spacial score (nSPS) is 12.0. The summed E-state index contributed by atoms with van der Waals surface area (Å²) in [5, 5.41) is 5.34. The highest BCUT2D eigenvalue weighted by Crippen LogP contribution is 2.33. The summed E-state index contributed by atoms with van der Waals surface area (Å²) < 4.78 is 43.5. The third kappa shape index (κ3) is 6.55. The Morgan fingerprint density at radius 3 is 2.41 bits per heavy atom. The van der Waals surface area contributed by atoms with Crippen molar-refractivity contribution in [1.29, 1.82) is 0 Å². The van der Waals surface area contributed by atoms with Gasteiger partial charge < -0.3 is 15.4 Å². The second kappa shape index (κ2) is 7.21. The minimum absolute atomic E-state index is 0.220. The largest absolute Gasteiger partial charge is 0.444 e. The summed E-state index contributed by atoms with van der Waals surface area (Å²) >= 11 is 3.18. The van der Waals surface area contributed by atoms with E-state index in [2.05, 4.69) is 26.6 Å². The van der Waals surface area contributed by atoms with Crippen LogP contribution in [0.3, 0.4) is 0 Å². The van der Waals surface area contributed by atoms with E-state index in [0.717, 1.165) is 12.1 Å². The van der Waals surface area contributed by atoms with Crippen LogP contribution in [0.4, 0.5) is 23.7 Å². The van der Waals surface area contributed by atoms with E-state index in [9.17, 15) is 18.0 Å². The fourth-order valence-corrected chi connectivity index (χ4v) is 1.90. The summed E-state index contributed by atoms with van der Waals surface area (Å²) in [5.74, 6) is 0. The molecule has 1 aromatic rings. The van der Waals surface area contributed by atoms with E-state index in [4.69, 9.17) is 4.74 Å². The standard InChI is InChI=1S/C14H18BrF3N2O2/c1-13(2,3)22-12(21)20-7-6-19-11-8-9(14(16,17)18)4-5-10(11)15/h4-5,8,19H,6-7H2,1-3H3,(H,20,21). The number of alkyl halides is 3. The summed E-state index contributed by atoms with van der Waals surface area (Å²) in [6.07, 6.45) is -4.97. The number of amides is 1. The summed E-state index contributed by atoms with van der Waals surface area (Å²) in [7, 11) is 0. The lowest BCUT2D eigenvalue weighted by Crippen LogP contribution is -2.35. The molecule has 1 rings (SSSR count). The molecular formula is C14H18BrF3N2O2. The monoisotopic (exact) mass is 382 g/mol. The van der Waals surface area contributed by atoms with Crippen molar-refractivity contribution in [2.24, 2.45) is 0 Å². The fraction of sp³-hybridized carbons (Fsp3) is 0.500. The number of ether oxygens (including phenoxy) is 1. The summed E-state index contributed by atoms with van der Waals surface area (Å²) in [6, 6.07) is 3.33. The summed E-state index contributed by atoms with van der Waals surface area (Å²) in [4.78, 5) is 11.4. The Kier molecular flexibility index (Phi) is 6.10. The van der Waals surface area contributed by atoms with Gasteiger partial charge in [-0.25, -0.2) is 4.79 Å². The Morgan fingerprint density at radius 2 is 1.86 bits per heavy atom. The molecule has 22 heavy (non-hydrogen) atoms. The minimum Gasteiger partial charge on any atom is -0.444 e. The molecule has 2 N–H and O–H groups in total. The van der Waals surface area contributed by atoms with Gasteiger partial charge in [0.15, 0.2) is 0 Å². The number of carbonyl (C=O) groups excluding carboxylic acids is 1. The average Bonchev–Trinajstić information content (AvgIpc) is 2.33. The van der Waals surface area contributed by atoms with Gasteiger partial charge in [-0.15, -0.1) is 0 Å². The molecule has 0 aliphatic heterocycles. The minimum atomic E-state index is -4.40. The Hall–Kier alpha value is -1.44. The molecule has 0 unspecified atom stereocenters. The van der Waals surface area contributed by atoms with Gasteiger partial charge in [-0.1, -0.05) is 0 Å². The first-order valence-electron chi connectivity index (χ1n) is 6.56. The zero-order valence-electron chi connectivity index (χ0n) is 12.5. The lowest BCUT2D eigenvalue weighted by Gasteiger charge is -2.19. The highest BCUT2D eigenvalue weighted by atomic mass is 79.9. The van der Waals surface area contributed by atoms with E-state index in [1.165, 1.54) is 6.07 Å². The van der Waals surface area contributed by atoms with Crippen molar-refractivity contribution in [2.45, 2.75) is 32.5 Å². The maximum Gasteiger partial charge on any atom is 0.416 e. The van der Waals surface area contributed by atoms with Crippen molar-refractivity contribution >= 4 is 27.7 Å². The Morgan fingerprint density at radius 1 is 1.23 bits per heavy atom. The second-order valence-corrected chi connectivity index (χ2v) is 6.40. The molecule has 4 nitrogen and oxygen atoms in total. The van der Waals surface area contributed by atoms with Crippen molar-refractivity contribution in [3.63, 3.8) is 0 Å². The smallest absolute Gasteiger partial charge is 0.416 e. The average molecular weight is 383 g/mol. The number of alkyl carbamates (subject to hydrolysis) is 1. The number of anilines is 1. The molecule has 0 bridgehead atoms. The maximum atomic E-state index is 12.6. The zero-order chi connectivity index (χ0) is 17.0. The van der Waals surface area contributed by atoms with Gasteiger partial charge in [-0.2, -0.15) is 13.2 Å². The van der Waals surface area contributed by atoms with Crippen molar-refractivity contribution in [3.05, 3.63) is 28.2 Å². The lowest BCUT2D eigenvalue weighted by molar-refractivity contribution is -0.137. The van der Waals surface area contributed by atoms with Crippen LogP contribution in [0.15, 0.2) is 22.7 Å². The highest BCUT2D eigenvalue weighted by Gasteiger charge is 2.30. The SMILES string of the molecule is CC(C)(C)OC(=O)NCCNc1cc(C(F)(F)F)ccc1Br. The molecule has 0 radical (unpaired) electrons. The van der Waals surface area contributed by atoms with Crippen LogP contribution in [0.2, 0.25) is 0 Å². The first-order valence-corrected chi connectivity index (χ1v) is 7.36. The zero-order valence-corrected chi connectivity index (χ0v) is 14.1. The van der Waals surface area contributed by atoms with Gasteiger partial charge in [0.05, 0.1) is 5.56 Å². The molecule has 8 heteroatoms. The van der Waals surface area contributed by atoms with Gasteiger partial charge in [0.1, 0.15) is 5.60 Å². The van der Waals surface area contributed by atoms with Crippen molar-refractivity contribution < 1.29 is 22.7 Å². The quantitative estimate of drug-likeness (QED) is 0.758. The number of hydrogen-bond donors (Lipinski definition) is 2. The Bertz CT molecular complexity index is 528. The van der Waals surface area contributed by atoms with Crippen LogP contribution in [0, 0.1) is 0 Å². The lowest BCUT2D eigenvalue weighted by atomic mass is 10.2. The van der Waals surface area contributed by atoms with E-state index in [0.29, 0.717) is 10.2 Å². The Labute approximate surface area is 135 Å². The third-order valence-corrected chi connectivity index (χ3v) is 3.09. The van der Waals surface area contributed by atoms with E-state index < -0.39 is 23.4 Å². The van der Waals surface area contributed by atoms with E-state index in [-0.39, 0.29) is 13.1 Å². The maximum absolute atomic E-state index is 12.6. The van der Waals surface area contributed by atoms with Gasteiger partial charge in [-0.3, -0.25) is 0 Å². The number of benzene rings is 1. The van der Waals surface area contributed by atoms with Crippen LogP contribution in [-0.2, 0) is 10.9 Å². The van der Waals surface area contributed by atoms with Crippen molar-refractivity contribution in [2.75, 3.05) is 18.4 Å². The molecule has 1 amide bonds. The molecule has 0 aliphatic rings. The molecule has 0 saturated heterocycles. The fourth-order valence-electron chi connectivity index (χ4n) is 1.51. The van der Waals surface area contributed by atoms with Gasteiger partial charge in [0, 0.05) is 23.2 Å². The molecule has 124 valence electrons. The summed E-state index contributed by atoms with van der Waals surface area (Å²) in [6.45, 7) is 5.70. The van der Waals surface area contributed by atoms with Crippen molar-refractivity contribution in [3.8, 4) is 0 Å². The predicted molar refractivity (Wildman–Crippen MR) is 81.9 cm³/mol. The number of carbonyl (C=O) groups is 1. The van der Waals surface area contributed by atoms with Gasteiger partial charge in [0.2, 0.25) is 0 Å². The number of rotatable bonds is 4. The molecule has 0 aromatic heterocycles.